The number of hydrogen-bond donors (Lipinski definition) is 6. The quantitative estimate of drug-likeness (QED) is 0.314. The lowest BCUT2D eigenvalue weighted by atomic mass is 9.98. The topological polar surface area (TPSA) is 149 Å². The number of aliphatic hydroxyl groups excluding tert-OH is 6. The van der Waals surface area contributed by atoms with E-state index in [2.05, 4.69) is 0 Å². The summed E-state index contributed by atoms with van der Waals surface area (Å²) in [7, 11) is 0. The highest BCUT2D eigenvalue weighted by Gasteiger charge is 2.47. The van der Waals surface area contributed by atoms with Gasteiger partial charge >= 0.3 is 0 Å². The van der Waals surface area contributed by atoms with Gasteiger partial charge in [0.1, 0.15) is 30.5 Å². The monoisotopic (exact) mass is 310 g/mol. The summed E-state index contributed by atoms with van der Waals surface area (Å²) in [6, 6.07) is 0. The molecule has 0 aliphatic carbocycles. The Labute approximate surface area is 121 Å². The summed E-state index contributed by atoms with van der Waals surface area (Å²) in [6.45, 7) is 1.10. The van der Waals surface area contributed by atoms with Gasteiger partial charge in [0.05, 0.1) is 18.8 Å². The third-order valence-corrected chi connectivity index (χ3v) is 3.74. The second-order valence-electron chi connectivity index (χ2n) is 5.44. The van der Waals surface area contributed by atoms with E-state index in [-0.39, 0.29) is 12.5 Å². The van der Waals surface area contributed by atoms with Crippen molar-refractivity contribution in [3.05, 3.63) is 0 Å². The molecular weight excluding hydrogens is 288 g/mol. The molecule has 9 heteroatoms. The van der Waals surface area contributed by atoms with Crippen LogP contribution in [0.5, 0.6) is 0 Å². The smallest absolute Gasteiger partial charge is 0.186 e. The van der Waals surface area contributed by atoms with Crippen molar-refractivity contribution in [3.63, 3.8) is 0 Å². The molecule has 0 unspecified atom stereocenters. The predicted octanol–water partition coefficient (Wildman–Crippen LogP) is -3.34. The van der Waals surface area contributed by atoms with Crippen LogP contribution in [0.3, 0.4) is 0 Å². The summed E-state index contributed by atoms with van der Waals surface area (Å²) in [5.41, 5.74) is 0. The standard InChI is InChI=1S/C12H22O9/c1-4-2-5(14)7(15)12(19-4)21-10-6(3-13)20-11(18)9(17)8(10)16/h4-18H,2-3H2,1H3/t4-,5+,6+,7+,8+,9+,10+,11+,12-/m0/s1. The molecule has 0 bridgehead atoms. The lowest BCUT2D eigenvalue weighted by Crippen LogP contribution is -2.62. The van der Waals surface area contributed by atoms with Crippen molar-refractivity contribution in [3.8, 4) is 0 Å². The minimum atomic E-state index is -1.65. The maximum absolute atomic E-state index is 9.93. The second-order valence-corrected chi connectivity index (χ2v) is 5.44. The Bertz CT molecular complexity index is 339. The molecule has 0 radical (unpaired) electrons. The minimum absolute atomic E-state index is 0.232. The van der Waals surface area contributed by atoms with Crippen LogP contribution in [0.2, 0.25) is 0 Å². The number of ether oxygens (including phenoxy) is 3. The highest BCUT2D eigenvalue weighted by molar-refractivity contribution is 4.91. The first-order valence-corrected chi connectivity index (χ1v) is 6.82. The molecule has 2 fully saturated rings. The van der Waals surface area contributed by atoms with Gasteiger partial charge in [0.25, 0.3) is 0 Å². The highest BCUT2D eigenvalue weighted by atomic mass is 16.7. The number of aliphatic hydroxyl groups is 6. The third kappa shape index (κ3) is 3.52. The van der Waals surface area contributed by atoms with Crippen molar-refractivity contribution in [1.82, 2.24) is 0 Å². The molecule has 2 aliphatic heterocycles. The predicted molar refractivity (Wildman–Crippen MR) is 65.8 cm³/mol. The summed E-state index contributed by atoms with van der Waals surface area (Å²) in [5, 5.41) is 57.7. The lowest BCUT2D eigenvalue weighted by Gasteiger charge is -2.43. The first-order chi connectivity index (χ1) is 9.85. The van der Waals surface area contributed by atoms with Crippen molar-refractivity contribution >= 4 is 0 Å². The summed E-state index contributed by atoms with van der Waals surface area (Å²) in [6.07, 6.45) is -10.9. The van der Waals surface area contributed by atoms with E-state index < -0.39 is 55.8 Å². The molecule has 0 aromatic carbocycles. The molecule has 6 N–H and O–H groups in total. The Morgan fingerprint density at radius 3 is 2.29 bits per heavy atom. The Kier molecular flexibility index (Phi) is 5.52. The van der Waals surface area contributed by atoms with Crippen molar-refractivity contribution in [2.45, 2.75) is 68.7 Å². The van der Waals surface area contributed by atoms with Crippen LogP contribution in [0.4, 0.5) is 0 Å². The van der Waals surface area contributed by atoms with E-state index in [4.69, 9.17) is 14.2 Å². The fourth-order valence-electron chi connectivity index (χ4n) is 2.53. The van der Waals surface area contributed by atoms with Gasteiger partial charge in [-0.2, -0.15) is 0 Å². The van der Waals surface area contributed by atoms with E-state index in [9.17, 15) is 30.6 Å². The lowest BCUT2D eigenvalue weighted by molar-refractivity contribution is -0.342. The first kappa shape index (κ1) is 17.0. The molecule has 2 aliphatic rings. The van der Waals surface area contributed by atoms with Gasteiger partial charge in [-0.15, -0.1) is 0 Å². The van der Waals surface area contributed by atoms with E-state index in [1.165, 1.54) is 0 Å². The van der Waals surface area contributed by atoms with Crippen LogP contribution >= 0.6 is 0 Å². The van der Waals surface area contributed by atoms with E-state index in [1.54, 1.807) is 6.92 Å². The average Bonchev–Trinajstić information content (AvgIpc) is 2.44. The van der Waals surface area contributed by atoms with Crippen LogP contribution in [0.15, 0.2) is 0 Å². The van der Waals surface area contributed by atoms with Gasteiger partial charge < -0.3 is 44.8 Å². The Morgan fingerprint density at radius 2 is 1.67 bits per heavy atom. The fraction of sp³-hybridized carbons (Fsp3) is 1.00. The van der Waals surface area contributed by atoms with Crippen LogP contribution in [0, 0.1) is 0 Å². The summed E-state index contributed by atoms with van der Waals surface area (Å²) in [5.74, 6) is 0. The Balaban J connectivity index is 2.08. The van der Waals surface area contributed by atoms with E-state index in [0.29, 0.717) is 0 Å². The van der Waals surface area contributed by atoms with E-state index in [0.717, 1.165) is 0 Å². The maximum atomic E-state index is 9.93. The molecule has 2 heterocycles. The number of rotatable bonds is 3. The van der Waals surface area contributed by atoms with E-state index in [1.807, 2.05) is 0 Å². The highest BCUT2D eigenvalue weighted by Crippen LogP contribution is 2.28. The van der Waals surface area contributed by atoms with Crippen LogP contribution < -0.4 is 0 Å². The van der Waals surface area contributed by atoms with Gasteiger partial charge in [-0.05, 0) is 6.92 Å². The van der Waals surface area contributed by atoms with Crippen molar-refractivity contribution in [2.75, 3.05) is 6.61 Å². The zero-order valence-electron chi connectivity index (χ0n) is 11.5. The summed E-state index contributed by atoms with van der Waals surface area (Å²) in [4.78, 5) is 0. The molecule has 9 atom stereocenters. The zero-order valence-corrected chi connectivity index (χ0v) is 11.5. The molecule has 2 rings (SSSR count). The van der Waals surface area contributed by atoms with Crippen molar-refractivity contribution < 1.29 is 44.8 Å². The molecule has 21 heavy (non-hydrogen) atoms. The summed E-state index contributed by atoms with van der Waals surface area (Å²) < 4.78 is 15.7. The first-order valence-electron chi connectivity index (χ1n) is 6.82. The molecule has 0 amide bonds. The molecular formula is C12H22O9. The second kappa shape index (κ2) is 6.82. The zero-order chi connectivity index (χ0) is 15.7. The molecule has 2 saturated heterocycles. The molecule has 0 spiro atoms. The van der Waals surface area contributed by atoms with Gasteiger partial charge in [-0.25, -0.2) is 0 Å². The Hall–Kier alpha value is -0.360. The van der Waals surface area contributed by atoms with Gasteiger partial charge in [0, 0.05) is 6.42 Å². The molecule has 0 aromatic heterocycles. The van der Waals surface area contributed by atoms with Crippen molar-refractivity contribution in [2.24, 2.45) is 0 Å². The van der Waals surface area contributed by atoms with Crippen molar-refractivity contribution in [1.29, 1.82) is 0 Å². The van der Waals surface area contributed by atoms with Crippen LogP contribution in [-0.2, 0) is 14.2 Å². The van der Waals surface area contributed by atoms with Crippen LogP contribution in [0.25, 0.3) is 0 Å². The van der Waals surface area contributed by atoms with Gasteiger partial charge in [-0.1, -0.05) is 0 Å². The third-order valence-electron chi connectivity index (χ3n) is 3.74. The number of hydrogen-bond acceptors (Lipinski definition) is 9. The SMILES string of the molecule is C[C@H]1C[C@@H](O)[C@@H](O)[C@H](O[C@H]2[C@H](O)[C@@H](O)[C@H](O)O[C@@H]2CO)O1. The summed E-state index contributed by atoms with van der Waals surface area (Å²) >= 11 is 0. The van der Waals surface area contributed by atoms with Gasteiger partial charge in [-0.3, -0.25) is 0 Å². The van der Waals surface area contributed by atoms with E-state index >= 15 is 0 Å². The normalized spacial score (nSPS) is 51.9. The fourth-order valence-corrected chi connectivity index (χ4v) is 2.53. The molecule has 124 valence electrons. The average molecular weight is 310 g/mol. The minimum Gasteiger partial charge on any atom is -0.394 e. The Morgan fingerprint density at radius 1 is 1.00 bits per heavy atom. The van der Waals surface area contributed by atoms with Gasteiger partial charge in [0.2, 0.25) is 0 Å². The molecule has 0 saturated carbocycles. The maximum Gasteiger partial charge on any atom is 0.186 e. The molecule has 9 nitrogen and oxygen atoms in total. The largest absolute Gasteiger partial charge is 0.394 e. The van der Waals surface area contributed by atoms with Crippen LogP contribution in [0.1, 0.15) is 13.3 Å². The van der Waals surface area contributed by atoms with Crippen LogP contribution in [-0.4, -0.2) is 92.6 Å². The van der Waals surface area contributed by atoms with Gasteiger partial charge in [0.15, 0.2) is 12.6 Å². The molecule has 0 aromatic rings.